The highest BCUT2D eigenvalue weighted by Gasteiger charge is 2.30. The molecule has 0 spiro atoms. The molecule has 5 nitrogen and oxygen atoms in total. The van der Waals surface area contributed by atoms with Crippen molar-refractivity contribution in [2.45, 2.75) is 19.9 Å². The molecule has 0 aliphatic carbocycles. The van der Waals surface area contributed by atoms with Crippen molar-refractivity contribution in [3.8, 4) is 0 Å². The summed E-state index contributed by atoms with van der Waals surface area (Å²) in [7, 11) is -3.78. The molecule has 0 aliphatic heterocycles. The summed E-state index contributed by atoms with van der Waals surface area (Å²) in [6, 6.07) is 9.33. The number of sulfonamides is 1. The number of anilines is 2. The van der Waals surface area contributed by atoms with Gasteiger partial charge in [0.05, 0.1) is 17.6 Å². The van der Waals surface area contributed by atoms with Crippen molar-refractivity contribution >= 4 is 38.9 Å². The SMILES string of the molecule is Cc1ccc(Cl)cc1N([C@@H](C)C(=O)Nc1ccccc1F)S(C)(=O)=O. The lowest BCUT2D eigenvalue weighted by Gasteiger charge is -2.29. The van der Waals surface area contributed by atoms with E-state index in [0.29, 0.717) is 16.3 Å². The molecule has 0 bridgehead atoms. The van der Waals surface area contributed by atoms with Crippen LogP contribution in [0.25, 0.3) is 0 Å². The standard InChI is InChI=1S/C17H18ClFN2O3S/c1-11-8-9-13(18)10-16(11)21(25(3,23)24)12(2)17(22)20-15-7-5-4-6-14(15)19/h4-10,12H,1-3H3,(H,20,22)/t12-/m0/s1. The van der Waals surface area contributed by atoms with Crippen LogP contribution in [0.1, 0.15) is 12.5 Å². The molecule has 2 aromatic rings. The van der Waals surface area contributed by atoms with Crippen LogP contribution in [0.2, 0.25) is 5.02 Å². The van der Waals surface area contributed by atoms with Gasteiger partial charge >= 0.3 is 0 Å². The first-order chi connectivity index (χ1) is 11.6. The zero-order chi connectivity index (χ0) is 18.8. The Hall–Kier alpha value is -2.12. The number of hydrogen-bond donors (Lipinski definition) is 1. The first-order valence-electron chi connectivity index (χ1n) is 7.42. The zero-order valence-electron chi connectivity index (χ0n) is 14.0. The molecule has 0 fully saturated rings. The number of halogens is 2. The lowest BCUT2D eigenvalue weighted by molar-refractivity contribution is -0.116. The Morgan fingerprint density at radius 1 is 1.24 bits per heavy atom. The summed E-state index contributed by atoms with van der Waals surface area (Å²) < 4.78 is 39.3. The fourth-order valence-corrected chi connectivity index (χ4v) is 3.79. The molecule has 1 atom stereocenters. The molecule has 0 unspecified atom stereocenters. The highest BCUT2D eigenvalue weighted by atomic mass is 35.5. The van der Waals surface area contributed by atoms with Gasteiger partial charge in [-0.3, -0.25) is 9.10 Å². The minimum absolute atomic E-state index is 0.0179. The monoisotopic (exact) mass is 384 g/mol. The van der Waals surface area contributed by atoms with Crippen LogP contribution in [0, 0.1) is 12.7 Å². The number of carbonyl (C=O) groups is 1. The fourth-order valence-electron chi connectivity index (χ4n) is 2.40. The van der Waals surface area contributed by atoms with Crippen molar-refractivity contribution in [2.24, 2.45) is 0 Å². The van der Waals surface area contributed by atoms with Gasteiger partial charge in [0.2, 0.25) is 15.9 Å². The average molecular weight is 385 g/mol. The van der Waals surface area contributed by atoms with Gasteiger partial charge in [0.25, 0.3) is 0 Å². The molecule has 0 aliphatic rings. The molecule has 0 radical (unpaired) electrons. The summed E-state index contributed by atoms with van der Waals surface area (Å²) in [5.74, 6) is -1.26. The number of benzene rings is 2. The largest absolute Gasteiger partial charge is 0.322 e. The van der Waals surface area contributed by atoms with E-state index in [9.17, 15) is 17.6 Å². The van der Waals surface area contributed by atoms with Gasteiger partial charge in [-0.25, -0.2) is 12.8 Å². The summed E-state index contributed by atoms with van der Waals surface area (Å²) in [4.78, 5) is 12.5. The van der Waals surface area contributed by atoms with E-state index >= 15 is 0 Å². The molecule has 2 aromatic carbocycles. The van der Waals surface area contributed by atoms with Crippen molar-refractivity contribution in [1.29, 1.82) is 0 Å². The lowest BCUT2D eigenvalue weighted by Crippen LogP contribution is -2.45. The molecule has 1 N–H and O–H groups in total. The molecule has 0 aromatic heterocycles. The fraction of sp³-hybridized carbons (Fsp3) is 0.235. The highest BCUT2D eigenvalue weighted by Crippen LogP contribution is 2.28. The Kier molecular flexibility index (Phi) is 5.69. The zero-order valence-corrected chi connectivity index (χ0v) is 15.5. The molecule has 0 saturated heterocycles. The van der Waals surface area contributed by atoms with Crippen molar-refractivity contribution in [3.05, 3.63) is 58.9 Å². The summed E-state index contributed by atoms with van der Waals surface area (Å²) in [6.45, 7) is 3.14. The maximum atomic E-state index is 13.7. The smallest absolute Gasteiger partial charge is 0.248 e. The number of para-hydroxylation sites is 1. The minimum Gasteiger partial charge on any atom is -0.322 e. The van der Waals surface area contributed by atoms with Gasteiger partial charge in [-0.1, -0.05) is 29.8 Å². The van der Waals surface area contributed by atoms with Gasteiger partial charge < -0.3 is 5.32 Å². The first kappa shape index (κ1) is 19.2. The third-order valence-corrected chi connectivity index (χ3v) is 5.09. The van der Waals surface area contributed by atoms with Crippen molar-refractivity contribution in [3.63, 3.8) is 0 Å². The number of carbonyl (C=O) groups excluding carboxylic acids is 1. The van der Waals surface area contributed by atoms with Crippen LogP contribution in [0.15, 0.2) is 42.5 Å². The van der Waals surface area contributed by atoms with E-state index in [4.69, 9.17) is 11.6 Å². The number of rotatable bonds is 5. The molecule has 134 valence electrons. The van der Waals surface area contributed by atoms with E-state index in [-0.39, 0.29) is 5.69 Å². The molecule has 2 rings (SSSR count). The van der Waals surface area contributed by atoms with Gasteiger partial charge in [0, 0.05) is 5.02 Å². The number of aryl methyl sites for hydroxylation is 1. The van der Waals surface area contributed by atoms with Crippen LogP contribution in [0.3, 0.4) is 0 Å². The number of nitrogens with zero attached hydrogens (tertiary/aromatic N) is 1. The molecular formula is C17H18ClFN2O3S. The van der Waals surface area contributed by atoms with E-state index in [1.165, 1.54) is 31.2 Å². The Labute approximate surface area is 151 Å². The van der Waals surface area contributed by atoms with Crippen molar-refractivity contribution in [2.75, 3.05) is 15.9 Å². The van der Waals surface area contributed by atoms with E-state index in [1.807, 2.05) is 0 Å². The minimum atomic E-state index is -3.78. The van der Waals surface area contributed by atoms with Crippen LogP contribution < -0.4 is 9.62 Å². The summed E-state index contributed by atoms with van der Waals surface area (Å²) in [5.41, 5.74) is 0.919. The van der Waals surface area contributed by atoms with E-state index in [2.05, 4.69) is 5.32 Å². The predicted octanol–water partition coefficient (Wildman–Crippen LogP) is 3.58. The maximum absolute atomic E-state index is 13.7. The Bertz CT molecular complexity index is 903. The van der Waals surface area contributed by atoms with Crippen LogP contribution >= 0.6 is 11.6 Å². The Morgan fingerprint density at radius 3 is 2.48 bits per heavy atom. The normalized spacial score (nSPS) is 12.5. The molecule has 0 heterocycles. The third-order valence-electron chi connectivity index (χ3n) is 3.63. The topological polar surface area (TPSA) is 66.5 Å². The van der Waals surface area contributed by atoms with E-state index < -0.39 is 27.8 Å². The average Bonchev–Trinajstić information content (AvgIpc) is 2.51. The second kappa shape index (κ2) is 7.41. The molecule has 25 heavy (non-hydrogen) atoms. The molecule has 1 amide bonds. The Morgan fingerprint density at radius 2 is 1.88 bits per heavy atom. The number of amides is 1. The number of hydrogen-bond acceptors (Lipinski definition) is 3. The predicted molar refractivity (Wildman–Crippen MR) is 98.0 cm³/mol. The highest BCUT2D eigenvalue weighted by molar-refractivity contribution is 7.92. The van der Waals surface area contributed by atoms with Crippen LogP contribution in [0.4, 0.5) is 15.8 Å². The van der Waals surface area contributed by atoms with Crippen LogP contribution in [-0.4, -0.2) is 26.6 Å². The van der Waals surface area contributed by atoms with Gasteiger partial charge in [-0.15, -0.1) is 0 Å². The van der Waals surface area contributed by atoms with Crippen LogP contribution in [0.5, 0.6) is 0 Å². The van der Waals surface area contributed by atoms with Gasteiger partial charge in [-0.05, 0) is 43.7 Å². The summed E-state index contributed by atoms with van der Waals surface area (Å²) in [6.07, 6.45) is 1.00. The first-order valence-corrected chi connectivity index (χ1v) is 9.65. The third kappa shape index (κ3) is 4.49. The second-order valence-electron chi connectivity index (χ2n) is 5.63. The lowest BCUT2D eigenvalue weighted by atomic mass is 10.1. The van der Waals surface area contributed by atoms with Gasteiger partial charge in [-0.2, -0.15) is 0 Å². The van der Waals surface area contributed by atoms with Gasteiger partial charge in [0.1, 0.15) is 11.9 Å². The van der Waals surface area contributed by atoms with Crippen LogP contribution in [-0.2, 0) is 14.8 Å². The molecule has 8 heteroatoms. The van der Waals surface area contributed by atoms with E-state index in [1.54, 1.807) is 25.1 Å². The second-order valence-corrected chi connectivity index (χ2v) is 7.93. The summed E-state index contributed by atoms with van der Waals surface area (Å²) >= 11 is 5.97. The van der Waals surface area contributed by atoms with Gasteiger partial charge in [0.15, 0.2) is 0 Å². The van der Waals surface area contributed by atoms with Crippen molar-refractivity contribution in [1.82, 2.24) is 0 Å². The van der Waals surface area contributed by atoms with E-state index in [0.717, 1.165) is 10.6 Å². The van der Waals surface area contributed by atoms with Crippen molar-refractivity contribution < 1.29 is 17.6 Å². The molecular weight excluding hydrogens is 367 g/mol. The Balaban J connectivity index is 2.40. The maximum Gasteiger partial charge on any atom is 0.248 e. The molecule has 0 saturated carbocycles. The quantitative estimate of drug-likeness (QED) is 0.856. The summed E-state index contributed by atoms with van der Waals surface area (Å²) in [5, 5.41) is 2.76. The number of nitrogens with one attached hydrogen (secondary N) is 1.